The van der Waals surface area contributed by atoms with Crippen LogP contribution < -0.4 is 14.8 Å². The molecule has 4 aromatic rings. The van der Waals surface area contributed by atoms with E-state index in [9.17, 15) is 15.0 Å². The molecule has 0 spiro atoms. The van der Waals surface area contributed by atoms with Gasteiger partial charge in [-0.05, 0) is 115 Å². The Balaban J connectivity index is 1.38. The predicted molar refractivity (Wildman–Crippen MR) is 227 cm³/mol. The molecule has 3 aliphatic rings. The van der Waals surface area contributed by atoms with Crippen molar-refractivity contribution in [3.05, 3.63) is 115 Å². The van der Waals surface area contributed by atoms with Crippen molar-refractivity contribution in [1.82, 2.24) is 0 Å². The van der Waals surface area contributed by atoms with Crippen molar-refractivity contribution in [3.8, 4) is 17.2 Å². The summed E-state index contributed by atoms with van der Waals surface area (Å²) in [5.41, 5.74) is 3.75. The highest BCUT2D eigenvalue weighted by Gasteiger charge is 2.64. The number of carbonyl (C=O) groups is 1. The van der Waals surface area contributed by atoms with Crippen LogP contribution in [0.3, 0.4) is 0 Å². The zero-order valence-corrected chi connectivity index (χ0v) is 33.7. The van der Waals surface area contributed by atoms with E-state index in [2.05, 4.69) is 48.3 Å². The number of carbonyl (C=O) groups excluding carboxylic acids is 1. The number of unbranched alkanes of at least 4 members (excludes halogenated alkanes) is 2. The van der Waals surface area contributed by atoms with Gasteiger partial charge < -0.3 is 34.6 Å². The SMILES string of the molecule is C=CCO[C@@]12Oc3ccc(Oc4ccc5ccccc5c4)cc3[C@H]3[C@H](CCCCO)[C@@H](CCCCO)C=C(C(=NOCC)C[C@@H]1Sc1ccc(NC(C)=O)cc1)[C@H]32. The van der Waals surface area contributed by atoms with E-state index in [1.165, 1.54) is 6.92 Å². The third kappa shape index (κ3) is 8.94. The van der Waals surface area contributed by atoms with Crippen LogP contribution in [-0.4, -0.2) is 59.3 Å². The molecule has 300 valence electrons. The average molecular weight is 791 g/mol. The number of oxime groups is 1. The lowest BCUT2D eigenvalue weighted by Gasteiger charge is -2.58. The van der Waals surface area contributed by atoms with Gasteiger partial charge in [0.1, 0.15) is 23.9 Å². The topological polar surface area (TPSA) is 119 Å². The molecule has 0 saturated heterocycles. The van der Waals surface area contributed by atoms with E-state index >= 15 is 0 Å². The predicted octanol–water partition coefficient (Wildman–Crippen LogP) is 10.0. The second-order valence-corrected chi connectivity index (χ2v) is 16.4. The number of benzene rings is 4. The molecule has 6 atom stereocenters. The number of hydrogen-bond acceptors (Lipinski definition) is 9. The molecule has 0 aromatic heterocycles. The monoisotopic (exact) mass is 790 g/mol. The number of hydrogen-bond donors (Lipinski definition) is 3. The van der Waals surface area contributed by atoms with E-state index in [4.69, 9.17) is 24.2 Å². The minimum Gasteiger partial charge on any atom is -0.460 e. The number of ether oxygens (including phenoxy) is 3. The van der Waals surface area contributed by atoms with Gasteiger partial charge in [0, 0.05) is 48.6 Å². The molecule has 1 aliphatic heterocycles. The molecule has 1 fully saturated rings. The van der Waals surface area contributed by atoms with Crippen molar-refractivity contribution >= 4 is 39.8 Å². The lowest BCUT2D eigenvalue weighted by Crippen LogP contribution is -2.64. The molecule has 7 rings (SSSR count). The molecule has 0 bridgehead atoms. The van der Waals surface area contributed by atoms with E-state index < -0.39 is 5.79 Å². The number of nitrogens with zero attached hydrogens (tertiary/aromatic N) is 1. The smallest absolute Gasteiger partial charge is 0.231 e. The molecule has 0 unspecified atom stereocenters. The van der Waals surface area contributed by atoms with Crippen LogP contribution in [0.1, 0.15) is 70.3 Å². The van der Waals surface area contributed by atoms with Crippen LogP contribution >= 0.6 is 11.8 Å². The van der Waals surface area contributed by atoms with Gasteiger partial charge in [0.25, 0.3) is 0 Å². The minimum atomic E-state index is -1.12. The van der Waals surface area contributed by atoms with Crippen LogP contribution in [0, 0.1) is 17.8 Å². The quantitative estimate of drug-likeness (QED) is 0.0518. The molecule has 9 nitrogen and oxygen atoms in total. The Bertz CT molecular complexity index is 2080. The van der Waals surface area contributed by atoms with E-state index in [0.29, 0.717) is 19.4 Å². The van der Waals surface area contributed by atoms with Gasteiger partial charge in [-0.3, -0.25) is 4.79 Å². The van der Waals surface area contributed by atoms with Gasteiger partial charge in [-0.25, -0.2) is 0 Å². The van der Waals surface area contributed by atoms with E-state index in [1.807, 2.05) is 61.5 Å². The van der Waals surface area contributed by atoms with Crippen molar-refractivity contribution in [1.29, 1.82) is 0 Å². The van der Waals surface area contributed by atoms with Crippen molar-refractivity contribution in [3.63, 3.8) is 0 Å². The van der Waals surface area contributed by atoms with Gasteiger partial charge in [0.05, 0.1) is 23.5 Å². The van der Waals surface area contributed by atoms with Crippen LogP contribution in [0.2, 0.25) is 0 Å². The number of rotatable bonds is 18. The van der Waals surface area contributed by atoms with Crippen LogP contribution in [0.15, 0.2) is 119 Å². The van der Waals surface area contributed by atoms with Gasteiger partial charge in [0.15, 0.2) is 0 Å². The van der Waals surface area contributed by atoms with Gasteiger partial charge in [0.2, 0.25) is 11.7 Å². The number of aliphatic hydroxyl groups is 2. The number of thioether (sulfide) groups is 1. The summed E-state index contributed by atoms with van der Waals surface area (Å²) in [6.45, 7) is 8.48. The van der Waals surface area contributed by atoms with Crippen molar-refractivity contribution in [2.75, 3.05) is 31.7 Å². The summed E-state index contributed by atoms with van der Waals surface area (Å²) in [5, 5.41) is 29.4. The highest BCUT2D eigenvalue weighted by atomic mass is 32.2. The summed E-state index contributed by atoms with van der Waals surface area (Å²) >= 11 is 1.68. The minimum absolute atomic E-state index is 0.0612. The Hall–Kier alpha value is -4.61. The molecule has 1 amide bonds. The highest BCUT2D eigenvalue weighted by Crippen LogP contribution is 2.63. The summed E-state index contributed by atoms with van der Waals surface area (Å²) in [6, 6.07) is 28.4. The molecule has 4 aromatic carbocycles. The number of amides is 1. The first-order valence-corrected chi connectivity index (χ1v) is 21.2. The van der Waals surface area contributed by atoms with E-state index in [-0.39, 0.29) is 54.6 Å². The Labute approximate surface area is 340 Å². The zero-order valence-electron chi connectivity index (χ0n) is 32.9. The maximum atomic E-state index is 11.8. The van der Waals surface area contributed by atoms with Crippen molar-refractivity contribution in [2.45, 2.75) is 80.6 Å². The fourth-order valence-corrected chi connectivity index (χ4v) is 10.3. The first-order chi connectivity index (χ1) is 27.9. The molecule has 57 heavy (non-hydrogen) atoms. The van der Waals surface area contributed by atoms with Gasteiger partial charge in [-0.1, -0.05) is 60.5 Å². The molecule has 1 saturated carbocycles. The van der Waals surface area contributed by atoms with Crippen molar-refractivity contribution < 1.29 is 34.1 Å². The van der Waals surface area contributed by atoms with Crippen LogP contribution in [0.4, 0.5) is 5.69 Å². The Morgan fingerprint density at radius 1 is 0.965 bits per heavy atom. The number of anilines is 1. The maximum absolute atomic E-state index is 11.8. The lowest BCUT2D eigenvalue weighted by molar-refractivity contribution is -0.223. The second kappa shape index (κ2) is 18.8. The number of fused-ring (bicyclic) bond motifs is 3. The summed E-state index contributed by atoms with van der Waals surface area (Å²) in [5.74, 6) is 1.01. The second-order valence-electron chi connectivity index (χ2n) is 15.1. The number of allylic oxidation sites excluding steroid dienone is 1. The van der Waals surface area contributed by atoms with Crippen molar-refractivity contribution in [2.24, 2.45) is 22.9 Å². The molecular weight excluding hydrogens is 737 g/mol. The molecule has 0 radical (unpaired) electrons. The summed E-state index contributed by atoms with van der Waals surface area (Å²) in [7, 11) is 0. The fraction of sp³-hybridized carbons (Fsp3) is 0.404. The summed E-state index contributed by atoms with van der Waals surface area (Å²) < 4.78 is 21.0. The van der Waals surface area contributed by atoms with Crippen LogP contribution in [-0.2, 0) is 14.4 Å². The third-order valence-corrected chi connectivity index (χ3v) is 12.7. The summed E-state index contributed by atoms with van der Waals surface area (Å²) in [4.78, 5) is 18.6. The maximum Gasteiger partial charge on any atom is 0.231 e. The van der Waals surface area contributed by atoms with E-state index in [1.54, 1.807) is 17.8 Å². The standard InChI is InChI=1S/C47H54N2O7S/c1-4-26-53-47-44(57-38-21-17-35(18-22-38)48-31(3)52)30-42(49-54-5-2)40-28-34(14-8-10-24-50)39(15-9-11-25-51)45(46(40)47)41-29-37(20-23-43(41)56-47)55-36-19-16-32-12-6-7-13-33(32)27-36/h4,6-7,12-13,16-23,27-29,34,39,44-46,50-51H,1,5,8-11,14-15,24-26,30H2,2-3H3,(H,48,52)/t34-,39+,44-,45+,46+,47+/m0/s1. The third-order valence-electron chi connectivity index (χ3n) is 11.3. The fourth-order valence-electron chi connectivity index (χ4n) is 8.98. The highest BCUT2D eigenvalue weighted by molar-refractivity contribution is 8.00. The van der Waals surface area contributed by atoms with E-state index in [0.717, 1.165) is 87.6 Å². The average Bonchev–Trinajstić information content (AvgIpc) is 3.21. The number of aliphatic hydroxyl groups excluding tert-OH is 2. The first kappa shape index (κ1) is 40.6. The van der Waals surface area contributed by atoms with Crippen LogP contribution in [0.25, 0.3) is 10.8 Å². The first-order valence-electron chi connectivity index (χ1n) is 20.3. The van der Waals surface area contributed by atoms with Gasteiger partial charge in [-0.2, -0.15) is 0 Å². The molecule has 1 heterocycles. The molecular formula is C47H54N2O7S. The van der Waals surface area contributed by atoms with Gasteiger partial charge in [-0.15, -0.1) is 18.3 Å². The molecule has 2 aliphatic carbocycles. The largest absolute Gasteiger partial charge is 0.460 e. The Morgan fingerprint density at radius 3 is 2.44 bits per heavy atom. The molecule has 10 heteroatoms. The number of nitrogens with one attached hydrogen (secondary N) is 1. The van der Waals surface area contributed by atoms with Gasteiger partial charge >= 0.3 is 0 Å². The Kier molecular flexibility index (Phi) is 13.4. The molecule has 3 N–H and O–H groups in total. The Morgan fingerprint density at radius 2 is 1.70 bits per heavy atom. The zero-order chi connectivity index (χ0) is 39.8. The summed E-state index contributed by atoms with van der Waals surface area (Å²) in [6.07, 6.45) is 9.70. The normalized spacial score (nSPS) is 24.2. The lowest BCUT2D eigenvalue weighted by atomic mass is 9.56. The van der Waals surface area contributed by atoms with Crippen LogP contribution in [0.5, 0.6) is 17.2 Å².